The molecule has 0 aliphatic heterocycles. The second-order valence-electron chi connectivity index (χ2n) is 4.07. The van der Waals surface area contributed by atoms with Crippen LogP contribution in [0.2, 0.25) is 0 Å². The van der Waals surface area contributed by atoms with Crippen LogP contribution in [0.4, 0.5) is 4.39 Å². The number of rotatable bonds is 5. The first kappa shape index (κ1) is 15.6. The second kappa shape index (κ2) is 6.79. The van der Waals surface area contributed by atoms with E-state index < -0.39 is 6.04 Å². The van der Waals surface area contributed by atoms with E-state index in [0.29, 0.717) is 21.6 Å². The summed E-state index contributed by atoms with van der Waals surface area (Å²) in [6, 6.07) is 3.78. The lowest BCUT2D eigenvalue weighted by atomic mass is 10.0. The summed E-state index contributed by atoms with van der Waals surface area (Å²) in [5.74, 6) is 5.86. The zero-order valence-corrected chi connectivity index (χ0v) is 13.0. The second-order valence-corrected chi connectivity index (χ2v) is 4.93. The summed E-state index contributed by atoms with van der Waals surface area (Å²) in [6.45, 7) is 0. The third-order valence-electron chi connectivity index (χ3n) is 2.86. The first-order valence-electron chi connectivity index (χ1n) is 5.96. The van der Waals surface area contributed by atoms with E-state index in [4.69, 9.17) is 15.3 Å². The van der Waals surface area contributed by atoms with E-state index in [1.165, 1.54) is 32.5 Å². The number of aromatic nitrogens is 2. The van der Waals surface area contributed by atoms with E-state index in [9.17, 15) is 4.39 Å². The van der Waals surface area contributed by atoms with Gasteiger partial charge in [0.2, 0.25) is 11.8 Å². The third-order valence-corrected chi connectivity index (χ3v) is 3.55. The van der Waals surface area contributed by atoms with Gasteiger partial charge in [0.1, 0.15) is 11.5 Å². The number of hydrogen-bond donors (Lipinski definition) is 2. The summed E-state index contributed by atoms with van der Waals surface area (Å²) < 4.78 is 24.0. The Hall–Kier alpha value is -1.77. The first-order chi connectivity index (χ1) is 10.1. The standard InChI is InChI=1S/C13H14BrFN4O2/c1-20-10-6-17-12(13(18-10)21-2)11(19-16)8-4-3-7(15)5-9(8)14/h3-6,11,19H,16H2,1-2H3. The van der Waals surface area contributed by atoms with Crippen molar-refractivity contribution in [2.24, 2.45) is 5.84 Å². The molecule has 21 heavy (non-hydrogen) atoms. The van der Waals surface area contributed by atoms with Crippen LogP contribution in [-0.4, -0.2) is 24.2 Å². The summed E-state index contributed by atoms with van der Waals surface area (Å²) >= 11 is 3.31. The summed E-state index contributed by atoms with van der Waals surface area (Å²) in [4.78, 5) is 8.42. The van der Waals surface area contributed by atoms with Crippen LogP contribution in [0, 0.1) is 5.82 Å². The van der Waals surface area contributed by atoms with Crippen LogP contribution in [-0.2, 0) is 0 Å². The van der Waals surface area contributed by atoms with Gasteiger partial charge in [0.25, 0.3) is 0 Å². The van der Waals surface area contributed by atoms with Crippen molar-refractivity contribution in [1.29, 1.82) is 0 Å². The molecule has 1 heterocycles. The summed E-state index contributed by atoms with van der Waals surface area (Å²) in [7, 11) is 2.96. The molecule has 0 aliphatic carbocycles. The minimum atomic E-state index is -0.520. The largest absolute Gasteiger partial charge is 0.480 e. The van der Waals surface area contributed by atoms with Crippen molar-refractivity contribution in [2.45, 2.75) is 6.04 Å². The van der Waals surface area contributed by atoms with Crippen LogP contribution >= 0.6 is 15.9 Å². The van der Waals surface area contributed by atoms with Crippen LogP contribution < -0.4 is 20.7 Å². The smallest absolute Gasteiger partial charge is 0.240 e. The molecule has 112 valence electrons. The predicted molar refractivity (Wildman–Crippen MR) is 78.4 cm³/mol. The number of hydrogen-bond acceptors (Lipinski definition) is 6. The summed E-state index contributed by atoms with van der Waals surface area (Å²) in [6.07, 6.45) is 1.46. The fourth-order valence-corrected chi connectivity index (χ4v) is 2.44. The van der Waals surface area contributed by atoms with Gasteiger partial charge in [-0.15, -0.1) is 0 Å². The van der Waals surface area contributed by atoms with Gasteiger partial charge in [-0.2, -0.15) is 4.98 Å². The van der Waals surface area contributed by atoms with E-state index in [0.717, 1.165) is 0 Å². The van der Waals surface area contributed by atoms with Gasteiger partial charge < -0.3 is 9.47 Å². The number of nitrogens with one attached hydrogen (secondary N) is 1. The number of methoxy groups -OCH3 is 2. The Kier molecular flexibility index (Phi) is 5.05. The SMILES string of the molecule is COc1cnc(C(NN)c2ccc(F)cc2Br)c(OC)n1. The fraction of sp³-hybridized carbons (Fsp3) is 0.231. The van der Waals surface area contributed by atoms with Gasteiger partial charge in [-0.1, -0.05) is 22.0 Å². The molecule has 8 heteroatoms. The number of hydrazine groups is 1. The van der Waals surface area contributed by atoms with Crippen LogP contribution in [0.1, 0.15) is 17.3 Å². The normalized spacial score (nSPS) is 12.0. The van der Waals surface area contributed by atoms with Crippen molar-refractivity contribution >= 4 is 15.9 Å². The summed E-state index contributed by atoms with van der Waals surface area (Å²) in [5.41, 5.74) is 3.80. The third kappa shape index (κ3) is 3.29. The molecule has 0 saturated heterocycles. The lowest BCUT2D eigenvalue weighted by Crippen LogP contribution is -2.30. The Morgan fingerprint density at radius 3 is 2.67 bits per heavy atom. The van der Waals surface area contributed by atoms with Crippen molar-refractivity contribution in [3.05, 3.63) is 45.9 Å². The lowest BCUT2D eigenvalue weighted by molar-refractivity contribution is 0.352. The zero-order chi connectivity index (χ0) is 15.4. The highest BCUT2D eigenvalue weighted by Crippen LogP contribution is 2.32. The first-order valence-corrected chi connectivity index (χ1v) is 6.76. The summed E-state index contributed by atoms with van der Waals surface area (Å²) in [5, 5.41) is 0. The van der Waals surface area contributed by atoms with E-state index >= 15 is 0 Å². The highest BCUT2D eigenvalue weighted by atomic mass is 79.9. The average Bonchev–Trinajstić information content (AvgIpc) is 2.50. The Morgan fingerprint density at radius 1 is 1.33 bits per heavy atom. The molecule has 0 radical (unpaired) electrons. The Morgan fingerprint density at radius 2 is 2.10 bits per heavy atom. The number of nitrogens with two attached hydrogens (primary N) is 1. The van der Waals surface area contributed by atoms with Gasteiger partial charge in [0, 0.05) is 4.47 Å². The van der Waals surface area contributed by atoms with Crippen molar-refractivity contribution in [3.8, 4) is 11.8 Å². The topological polar surface area (TPSA) is 82.3 Å². The van der Waals surface area contributed by atoms with Crippen LogP contribution in [0.3, 0.4) is 0 Å². The number of benzene rings is 1. The van der Waals surface area contributed by atoms with Crippen molar-refractivity contribution < 1.29 is 13.9 Å². The van der Waals surface area contributed by atoms with Crippen molar-refractivity contribution in [1.82, 2.24) is 15.4 Å². The number of ether oxygens (including phenoxy) is 2. The minimum Gasteiger partial charge on any atom is -0.480 e. The van der Waals surface area contributed by atoms with Gasteiger partial charge in [0.05, 0.1) is 26.5 Å². The number of halogens is 2. The molecule has 2 aromatic rings. The molecule has 1 aromatic heterocycles. The maximum Gasteiger partial charge on any atom is 0.240 e. The molecule has 0 aliphatic rings. The molecule has 0 amide bonds. The molecule has 1 atom stereocenters. The molecule has 1 unspecified atom stereocenters. The van der Waals surface area contributed by atoms with Crippen LogP contribution in [0.5, 0.6) is 11.8 Å². The lowest BCUT2D eigenvalue weighted by Gasteiger charge is -2.19. The predicted octanol–water partition coefficient (Wildman–Crippen LogP) is 1.95. The molecular weight excluding hydrogens is 343 g/mol. The van der Waals surface area contributed by atoms with Gasteiger partial charge in [-0.05, 0) is 17.7 Å². The Bertz CT molecular complexity index is 642. The Labute approximate surface area is 129 Å². The minimum absolute atomic E-state index is 0.272. The van der Waals surface area contributed by atoms with Crippen molar-refractivity contribution in [3.63, 3.8) is 0 Å². The van der Waals surface area contributed by atoms with E-state index in [-0.39, 0.29) is 11.7 Å². The maximum absolute atomic E-state index is 13.2. The molecule has 1 aromatic carbocycles. The molecule has 0 fully saturated rings. The molecule has 2 rings (SSSR count). The zero-order valence-electron chi connectivity index (χ0n) is 11.4. The van der Waals surface area contributed by atoms with E-state index in [1.54, 1.807) is 6.07 Å². The van der Waals surface area contributed by atoms with Gasteiger partial charge in [-0.25, -0.2) is 14.8 Å². The fourth-order valence-electron chi connectivity index (χ4n) is 1.86. The van der Waals surface area contributed by atoms with Gasteiger partial charge in [-0.3, -0.25) is 5.84 Å². The van der Waals surface area contributed by atoms with Crippen LogP contribution in [0.25, 0.3) is 0 Å². The molecule has 0 spiro atoms. The molecular formula is C13H14BrFN4O2. The Balaban J connectivity index is 2.50. The maximum atomic E-state index is 13.2. The molecule has 0 saturated carbocycles. The molecule has 0 bridgehead atoms. The van der Waals surface area contributed by atoms with E-state index in [2.05, 4.69) is 31.3 Å². The van der Waals surface area contributed by atoms with Gasteiger partial charge >= 0.3 is 0 Å². The highest BCUT2D eigenvalue weighted by molar-refractivity contribution is 9.10. The molecule has 6 nitrogen and oxygen atoms in total. The van der Waals surface area contributed by atoms with E-state index in [1.807, 2.05) is 0 Å². The van der Waals surface area contributed by atoms with Crippen molar-refractivity contribution in [2.75, 3.05) is 14.2 Å². The molecule has 3 N–H and O–H groups in total. The van der Waals surface area contributed by atoms with Crippen LogP contribution in [0.15, 0.2) is 28.9 Å². The number of nitrogens with zero attached hydrogens (tertiary/aromatic N) is 2. The quantitative estimate of drug-likeness (QED) is 0.629. The highest BCUT2D eigenvalue weighted by Gasteiger charge is 2.22. The monoisotopic (exact) mass is 356 g/mol. The van der Waals surface area contributed by atoms with Gasteiger partial charge in [0.15, 0.2) is 0 Å². The average molecular weight is 357 g/mol.